The van der Waals surface area contributed by atoms with Crippen molar-refractivity contribution in [3.8, 4) is 0 Å². The summed E-state index contributed by atoms with van der Waals surface area (Å²) in [7, 11) is 0. The van der Waals surface area contributed by atoms with Crippen molar-refractivity contribution in [1.29, 1.82) is 0 Å². The van der Waals surface area contributed by atoms with Crippen molar-refractivity contribution >= 4 is 22.6 Å². The standard InChI is InChI=1S/C26H34FN3O4/c1-3-34-25(32)17(2)13-14-29-24(31)20-15-21(27)22(28-18-9-5-4-6-10-18)16-23(20)30(26(29)33)19-11-7-8-12-19/h13,15-16,18-19,28H,3-12,14H2,1-2H3. The Morgan fingerprint density at radius 1 is 1.12 bits per heavy atom. The molecule has 2 aliphatic carbocycles. The van der Waals surface area contributed by atoms with Gasteiger partial charge in [0.2, 0.25) is 0 Å². The summed E-state index contributed by atoms with van der Waals surface area (Å²) in [6.07, 6.45) is 10.6. The van der Waals surface area contributed by atoms with E-state index in [0.29, 0.717) is 16.8 Å². The first-order valence-corrected chi connectivity index (χ1v) is 12.5. The molecule has 34 heavy (non-hydrogen) atoms. The lowest BCUT2D eigenvalue weighted by atomic mass is 9.95. The van der Waals surface area contributed by atoms with Gasteiger partial charge >= 0.3 is 11.7 Å². The fourth-order valence-corrected chi connectivity index (χ4v) is 5.21. The largest absolute Gasteiger partial charge is 0.463 e. The molecule has 1 aromatic heterocycles. The zero-order chi connectivity index (χ0) is 24.2. The SMILES string of the molecule is CCOC(=O)C(C)=CCn1c(=O)c2cc(F)c(NC3CCCCC3)cc2n(C2CCCC2)c1=O. The van der Waals surface area contributed by atoms with Crippen LogP contribution in [0.4, 0.5) is 10.1 Å². The average Bonchev–Trinajstić information content (AvgIpc) is 3.35. The third-order valence-corrected chi connectivity index (χ3v) is 7.09. The maximum atomic E-state index is 15.1. The first kappa shape index (κ1) is 24.2. The van der Waals surface area contributed by atoms with Crippen LogP contribution in [0.3, 0.4) is 0 Å². The molecule has 7 nitrogen and oxygen atoms in total. The Morgan fingerprint density at radius 2 is 1.79 bits per heavy atom. The first-order chi connectivity index (χ1) is 16.4. The molecular formula is C26H34FN3O4. The molecule has 1 N–H and O–H groups in total. The summed E-state index contributed by atoms with van der Waals surface area (Å²) in [6, 6.07) is 3.06. The number of allylic oxidation sites excluding steroid dienone is 1. The van der Waals surface area contributed by atoms with Crippen LogP contribution in [0.2, 0.25) is 0 Å². The number of nitrogens with one attached hydrogen (secondary N) is 1. The smallest absolute Gasteiger partial charge is 0.333 e. The lowest BCUT2D eigenvalue weighted by Crippen LogP contribution is -2.41. The average molecular weight is 472 g/mol. The summed E-state index contributed by atoms with van der Waals surface area (Å²) in [5.74, 6) is -0.978. The van der Waals surface area contributed by atoms with E-state index in [1.807, 2.05) is 0 Å². The van der Waals surface area contributed by atoms with E-state index in [9.17, 15) is 14.4 Å². The molecule has 0 atom stereocenters. The Kier molecular flexibility index (Phi) is 7.54. The number of aromatic nitrogens is 2. The molecule has 0 saturated heterocycles. The Bertz CT molecular complexity index is 1200. The summed E-state index contributed by atoms with van der Waals surface area (Å²) in [6.45, 7) is 3.47. The van der Waals surface area contributed by atoms with Crippen molar-refractivity contribution in [1.82, 2.24) is 9.13 Å². The Hall–Kier alpha value is -2.90. The van der Waals surface area contributed by atoms with Crippen LogP contribution in [0, 0.1) is 5.82 Å². The molecule has 2 saturated carbocycles. The number of hydrogen-bond donors (Lipinski definition) is 1. The van der Waals surface area contributed by atoms with Gasteiger partial charge in [0.05, 0.1) is 23.2 Å². The number of ether oxygens (including phenoxy) is 1. The van der Waals surface area contributed by atoms with Crippen LogP contribution >= 0.6 is 0 Å². The van der Waals surface area contributed by atoms with Gasteiger partial charge in [-0.3, -0.25) is 13.9 Å². The van der Waals surface area contributed by atoms with Crippen LogP contribution < -0.4 is 16.6 Å². The molecule has 2 aromatic rings. The van der Waals surface area contributed by atoms with Crippen molar-refractivity contribution < 1.29 is 13.9 Å². The number of rotatable bonds is 7. The minimum absolute atomic E-state index is 0.0371. The van der Waals surface area contributed by atoms with Crippen molar-refractivity contribution in [2.75, 3.05) is 11.9 Å². The van der Waals surface area contributed by atoms with Crippen molar-refractivity contribution in [2.45, 2.75) is 90.3 Å². The molecule has 0 spiro atoms. The van der Waals surface area contributed by atoms with Gasteiger partial charge in [0.25, 0.3) is 5.56 Å². The van der Waals surface area contributed by atoms with Gasteiger partial charge in [-0.2, -0.15) is 0 Å². The highest BCUT2D eigenvalue weighted by molar-refractivity contribution is 5.87. The van der Waals surface area contributed by atoms with Crippen LogP contribution in [0.15, 0.2) is 33.4 Å². The van der Waals surface area contributed by atoms with Crippen LogP contribution in [0.1, 0.15) is 77.7 Å². The lowest BCUT2D eigenvalue weighted by Gasteiger charge is -2.25. The second kappa shape index (κ2) is 10.6. The van der Waals surface area contributed by atoms with Gasteiger partial charge < -0.3 is 10.1 Å². The molecule has 184 valence electrons. The van der Waals surface area contributed by atoms with Crippen molar-refractivity contribution in [3.05, 3.63) is 50.4 Å². The molecule has 2 fully saturated rings. The van der Waals surface area contributed by atoms with Crippen LogP contribution in [0.5, 0.6) is 0 Å². The van der Waals surface area contributed by atoms with Gasteiger partial charge in [-0.05, 0) is 51.7 Å². The zero-order valence-electron chi connectivity index (χ0n) is 20.1. The molecule has 0 bridgehead atoms. The summed E-state index contributed by atoms with van der Waals surface area (Å²) in [4.78, 5) is 38.8. The zero-order valence-corrected chi connectivity index (χ0v) is 20.1. The van der Waals surface area contributed by atoms with E-state index in [4.69, 9.17) is 4.74 Å². The molecule has 0 unspecified atom stereocenters. The van der Waals surface area contributed by atoms with Crippen molar-refractivity contribution in [3.63, 3.8) is 0 Å². The van der Waals surface area contributed by atoms with Gasteiger partial charge in [-0.1, -0.05) is 38.2 Å². The molecular weight excluding hydrogens is 437 g/mol. The lowest BCUT2D eigenvalue weighted by molar-refractivity contribution is -0.138. The van der Waals surface area contributed by atoms with Gasteiger partial charge in [0.15, 0.2) is 0 Å². The maximum Gasteiger partial charge on any atom is 0.333 e. The molecule has 1 heterocycles. The topological polar surface area (TPSA) is 82.3 Å². The highest BCUT2D eigenvalue weighted by Gasteiger charge is 2.25. The predicted octanol–water partition coefficient (Wildman–Crippen LogP) is 4.67. The fraction of sp³-hybridized carbons (Fsp3) is 0.577. The normalized spacial score (nSPS) is 17.9. The van der Waals surface area contributed by atoms with Gasteiger partial charge in [0.1, 0.15) is 5.82 Å². The van der Waals surface area contributed by atoms with E-state index in [2.05, 4.69) is 5.32 Å². The second-order valence-electron chi connectivity index (χ2n) is 9.44. The molecule has 2 aliphatic rings. The number of carbonyl (C=O) groups is 1. The summed E-state index contributed by atoms with van der Waals surface area (Å²) in [5, 5.41) is 3.50. The Morgan fingerprint density at radius 3 is 2.47 bits per heavy atom. The number of fused-ring (bicyclic) bond motifs is 1. The molecule has 1 aromatic carbocycles. The summed E-state index contributed by atoms with van der Waals surface area (Å²) in [5.41, 5.74) is 0.168. The second-order valence-corrected chi connectivity index (χ2v) is 9.44. The van der Waals surface area contributed by atoms with Crippen molar-refractivity contribution in [2.24, 2.45) is 0 Å². The fourth-order valence-electron chi connectivity index (χ4n) is 5.21. The van der Waals surface area contributed by atoms with Crippen LogP contribution in [-0.2, 0) is 16.1 Å². The molecule has 4 rings (SSSR count). The highest BCUT2D eigenvalue weighted by Crippen LogP contribution is 2.32. The molecule has 8 heteroatoms. The molecule has 0 radical (unpaired) electrons. The quantitative estimate of drug-likeness (QED) is 0.469. The summed E-state index contributed by atoms with van der Waals surface area (Å²) < 4.78 is 22.9. The molecule has 0 aliphatic heterocycles. The van der Waals surface area contributed by atoms with Crippen LogP contribution in [-0.4, -0.2) is 27.8 Å². The maximum absolute atomic E-state index is 15.1. The Labute approximate surface area is 198 Å². The van der Waals surface area contributed by atoms with E-state index in [1.165, 1.54) is 18.6 Å². The summed E-state index contributed by atoms with van der Waals surface area (Å²) >= 11 is 0. The number of benzene rings is 1. The van der Waals surface area contributed by atoms with Gasteiger partial charge in [-0.15, -0.1) is 0 Å². The monoisotopic (exact) mass is 471 g/mol. The van der Waals surface area contributed by atoms with Crippen LogP contribution in [0.25, 0.3) is 10.9 Å². The van der Waals surface area contributed by atoms with Gasteiger partial charge in [-0.25, -0.2) is 14.0 Å². The minimum Gasteiger partial charge on any atom is -0.463 e. The number of anilines is 1. The third kappa shape index (κ3) is 4.95. The number of nitrogens with zero attached hydrogens (tertiary/aromatic N) is 2. The predicted molar refractivity (Wildman–Crippen MR) is 131 cm³/mol. The van der Waals surface area contributed by atoms with E-state index >= 15 is 4.39 Å². The van der Waals surface area contributed by atoms with E-state index < -0.39 is 23.0 Å². The number of carbonyl (C=O) groups excluding carboxylic acids is 1. The first-order valence-electron chi connectivity index (χ1n) is 12.5. The molecule has 0 amide bonds. The van der Waals surface area contributed by atoms with E-state index in [-0.39, 0.29) is 30.6 Å². The highest BCUT2D eigenvalue weighted by atomic mass is 19.1. The minimum atomic E-state index is -0.551. The Balaban J connectivity index is 1.81. The third-order valence-electron chi connectivity index (χ3n) is 7.09. The van der Waals surface area contributed by atoms with E-state index in [0.717, 1.165) is 55.9 Å². The van der Waals surface area contributed by atoms with E-state index in [1.54, 1.807) is 24.5 Å². The number of hydrogen-bond acceptors (Lipinski definition) is 5. The number of halogens is 1. The van der Waals surface area contributed by atoms with Gasteiger partial charge in [0, 0.05) is 24.2 Å². The number of esters is 1.